The number of carbonyl (C=O) groups excluding carboxylic acids is 1. The first kappa shape index (κ1) is 25.3. The van der Waals surface area contributed by atoms with Crippen LogP contribution in [0.15, 0.2) is 42.6 Å². The van der Waals surface area contributed by atoms with Crippen molar-refractivity contribution in [1.82, 2.24) is 15.2 Å². The van der Waals surface area contributed by atoms with Crippen LogP contribution in [0.5, 0.6) is 0 Å². The van der Waals surface area contributed by atoms with Crippen LogP contribution in [0.4, 0.5) is 24.7 Å². The number of halogens is 3. The van der Waals surface area contributed by atoms with Crippen molar-refractivity contribution in [3.8, 4) is 0 Å². The summed E-state index contributed by atoms with van der Waals surface area (Å²) >= 11 is 0. The number of alkyl halides is 3. The molecule has 0 aliphatic carbocycles. The molecule has 1 unspecified atom stereocenters. The Hall–Kier alpha value is -2.81. The summed E-state index contributed by atoms with van der Waals surface area (Å²) in [4.78, 5) is 23.1. The SMILES string of the molecule is Cc1cccc(N2CCN(CCCNC(=O)C3CCCN(c4ncccc4C(F)(F)F)C3)CC2)c1. The highest BCUT2D eigenvalue weighted by Crippen LogP contribution is 2.36. The van der Waals surface area contributed by atoms with Crippen molar-refractivity contribution < 1.29 is 18.0 Å². The van der Waals surface area contributed by atoms with Crippen LogP contribution in [-0.4, -0.2) is 68.1 Å². The molecule has 1 N–H and O–H groups in total. The molecule has 35 heavy (non-hydrogen) atoms. The minimum absolute atomic E-state index is 0.0801. The molecule has 0 bridgehead atoms. The van der Waals surface area contributed by atoms with Crippen molar-refractivity contribution in [3.05, 3.63) is 53.7 Å². The van der Waals surface area contributed by atoms with Gasteiger partial charge in [0.25, 0.3) is 0 Å². The number of rotatable bonds is 7. The van der Waals surface area contributed by atoms with Gasteiger partial charge in [0.2, 0.25) is 5.91 Å². The molecule has 9 heteroatoms. The van der Waals surface area contributed by atoms with Crippen molar-refractivity contribution >= 4 is 17.4 Å². The number of anilines is 2. The van der Waals surface area contributed by atoms with E-state index in [2.05, 4.69) is 51.3 Å². The molecule has 0 radical (unpaired) electrons. The molecule has 1 aromatic heterocycles. The van der Waals surface area contributed by atoms with Gasteiger partial charge in [0.1, 0.15) is 5.82 Å². The van der Waals surface area contributed by atoms with Crippen molar-refractivity contribution in [3.63, 3.8) is 0 Å². The Morgan fingerprint density at radius 1 is 1.09 bits per heavy atom. The maximum Gasteiger partial charge on any atom is 0.419 e. The zero-order chi connectivity index (χ0) is 24.8. The summed E-state index contributed by atoms with van der Waals surface area (Å²) in [5.74, 6) is -0.490. The van der Waals surface area contributed by atoms with E-state index in [0.29, 0.717) is 25.9 Å². The number of nitrogens with zero attached hydrogens (tertiary/aromatic N) is 4. The lowest BCUT2D eigenvalue weighted by atomic mass is 9.96. The van der Waals surface area contributed by atoms with E-state index >= 15 is 0 Å². The van der Waals surface area contributed by atoms with E-state index < -0.39 is 11.7 Å². The molecule has 1 atom stereocenters. The minimum Gasteiger partial charge on any atom is -0.369 e. The number of piperazine rings is 1. The number of carbonyl (C=O) groups is 1. The number of nitrogens with one attached hydrogen (secondary N) is 1. The summed E-state index contributed by atoms with van der Waals surface area (Å²) in [5.41, 5.74) is 1.79. The Labute approximate surface area is 205 Å². The van der Waals surface area contributed by atoms with E-state index in [1.165, 1.54) is 23.5 Å². The minimum atomic E-state index is -4.47. The molecule has 2 saturated heterocycles. The quantitative estimate of drug-likeness (QED) is 0.597. The first-order valence-electron chi connectivity index (χ1n) is 12.4. The number of aromatic nitrogens is 1. The van der Waals surface area contributed by atoms with Crippen LogP contribution in [0, 0.1) is 12.8 Å². The molecule has 1 amide bonds. The molecule has 6 nitrogen and oxygen atoms in total. The maximum atomic E-state index is 13.4. The van der Waals surface area contributed by atoms with Gasteiger partial charge in [-0.3, -0.25) is 9.69 Å². The van der Waals surface area contributed by atoms with Gasteiger partial charge in [0, 0.05) is 57.7 Å². The van der Waals surface area contributed by atoms with E-state index in [4.69, 9.17) is 0 Å². The standard InChI is InChI=1S/C26H34F3N5O/c1-20-6-2-8-22(18-20)33-16-14-32(15-17-33)12-5-11-31-25(35)21-7-4-13-34(19-21)24-23(26(27,28)29)9-3-10-30-24/h2-3,6,8-10,18,21H,4-5,7,11-17,19H2,1H3,(H,31,35). The molecule has 0 saturated carbocycles. The number of benzene rings is 1. The van der Waals surface area contributed by atoms with Crippen LogP contribution < -0.4 is 15.1 Å². The summed E-state index contributed by atoms with van der Waals surface area (Å²) in [6.45, 7) is 8.29. The first-order chi connectivity index (χ1) is 16.8. The third-order valence-corrected chi connectivity index (χ3v) is 6.87. The second-order valence-electron chi connectivity index (χ2n) is 9.47. The van der Waals surface area contributed by atoms with Crippen LogP contribution in [0.3, 0.4) is 0 Å². The second-order valence-corrected chi connectivity index (χ2v) is 9.47. The van der Waals surface area contributed by atoms with Gasteiger partial charge in [0.05, 0.1) is 11.5 Å². The summed E-state index contributed by atoms with van der Waals surface area (Å²) in [6.07, 6.45) is -0.904. The molecule has 2 aliphatic heterocycles. The van der Waals surface area contributed by atoms with Crippen LogP contribution in [0.1, 0.15) is 30.4 Å². The highest BCUT2D eigenvalue weighted by molar-refractivity contribution is 5.79. The van der Waals surface area contributed by atoms with Gasteiger partial charge >= 0.3 is 6.18 Å². The number of piperidine rings is 1. The Bertz CT molecular complexity index is 991. The molecule has 2 fully saturated rings. The zero-order valence-corrected chi connectivity index (χ0v) is 20.2. The third-order valence-electron chi connectivity index (χ3n) is 6.87. The number of hydrogen-bond donors (Lipinski definition) is 1. The van der Waals surface area contributed by atoms with Gasteiger partial charge in [-0.2, -0.15) is 13.2 Å². The molecule has 3 heterocycles. The summed E-state index contributed by atoms with van der Waals surface area (Å²) < 4.78 is 40.2. The van der Waals surface area contributed by atoms with Crippen molar-refractivity contribution in [1.29, 1.82) is 0 Å². The Morgan fingerprint density at radius 3 is 2.63 bits per heavy atom. The molecular weight excluding hydrogens is 455 g/mol. The Morgan fingerprint density at radius 2 is 1.89 bits per heavy atom. The van der Waals surface area contributed by atoms with Crippen LogP contribution in [-0.2, 0) is 11.0 Å². The molecule has 190 valence electrons. The number of aryl methyl sites for hydroxylation is 1. The predicted molar refractivity (Wildman–Crippen MR) is 132 cm³/mol. The fraction of sp³-hybridized carbons (Fsp3) is 0.538. The van der Waals surface area contributed by atoms with E-state index in [9.17, 15) is 18.0 Å². The highest BCUT2D eigenvalue weighted by atomic mass is 19.4. The van der Waals surface area contributed by atoms with Crippen LogP contribution >= 0.6 is 0 Å². The lowest BCUT2D eigenvalue weighted by Crippen LogP contribution is -2.47. The number of amides is 1. The lowest BCUT2D eigenvalue weighted by molar-refractivity contribution is -0.137. The smallest absolute Gasteiger partial charge is 0.369 e. The van der Waals surface area contributed by atoms with E-state index in [0.717, 1.165) is 45.2 Å². The van der Waals surface area contributed by atoms with E-state index in [1.807, 2.05) is 0 Å². The molecule has 2 aromatic rings. The molecule has 4 rings (SSSR count). The third kappa shape index (κ3) is 6.66. The monoisotopic (exact) mass is 489 g/mol. The maximum absolute atomic E-state index is 13.4. The lowest BCUT2D eigenvalue weighted by Gasteiger charge is -2.36. The number of hydrogen-bond acceptors (Lipinski definition) is 5. The summed E-state index contributed by atoms with van der Waals surface area (Å²) in [6, 6.07) is 10.9. The molecule has 0 spiro atoms. The fourth-order valence-corrected chi connectivity index (χ4v) is 4.97. The molecule has 1 aromatic carbocycles. The van der Waals surface area contributed by atoms with Gasteiger partial charge in [-0.05, 0) is 62.6 Å². The average Bonchev–Trinajstić information content (AvgIpc) is 2.86. The van der Waals surface area contributed by atoms with Crippen molar-refractivity contribution in [2.75, 3.05) is 62.2 Å². The van der Waals surface area contributed by atoms with Crippen molar-refractivity contribution in [2.24, 2.45) is 5.92 Å². The van der Waals surface area contributed by atoms with Gasteiger partial charge in [0.15, 0.2) is 0 Å². The predicted octanol–water partition coefficient (Wildman–Crippen LogP) is 3.95. The van der Waals surface area contributed by atoms with E-state index in [1.54, 1.807) is 4.90 Å². The van der Waals surface area contributed by atoms with Gasteiger partial charge < -0.3 is 15.1 Å². The Balaban J connectivity index is 1.19. The van der Waals surface area contributed by atoms with Gasteiger partial charge in [-0.1, -0.05) is 12.1 Å². The van der Waals surface area contributed by atoms with Crippen LogP contribution in [0.25, 0.3) is 0 Å². The largest absolute Gasteiger partial charge is 0.419 e. The fourth-order valence-electron chi connectivity index (χ4n) is 4.97. The Kier molecular flexibility index (Phi) is 8.15. The summed E-state index contributed by atoms with van der Waals surface area (Å²) in [5, 5.41) is 3.00. The summed E-state index contributed by atoms with van der Waals surface area (Å²) in [7, 11) is 0. The zero-order valence-electron chi connectivity index (χ0n) is 20.2. The normalized spacial score (nSPS) is 19.6. The highest BCUT2D eigenvalue weighted by Gasteiger charge is 2.37. The van der Waals surface area contributed by atoms with Gasteiger partial charge in [-0.15, -0.1) is 0 Å². The van der Waals surface area contributed by atoms with E-state index in [-0.39, 0.29) is 24.2 Å². The van der Waals surface area contributed by atoms with Crippen molar-refractivity contribution in [2.45, 2.75) is 32.4 Å². The second kappa shape index (κ2) is 11.3. The molecule has 2 aliphatic rings. The topological polar surface area (TPSA) is 51.7 Å². The number of pyridine rings is 1. The first-order valence-corrected chi connectivity index (χ1v) is 12.4. The van der Waals surface area contributed by atoms with Crippen LogP contribution in [0.2, 0.25) is 0 Å². The average molecular weight is 490 g/mol. The molecular formula is C26H34F3N5O. The van der Waals surface area contributed by atoms with Gasteiger partial charge in [-0.25, -0.2) is 4.98 Å².